The molecule has 222 valence electrons. The van der Waals surface area contributed by atoms with Gasteiger partial charge in [0.25, 0.3) is 5.56 Å². The van der Waals surface area contributed by atoms with Crippen LogP contribution in [-0.2, 0) is 33.8 Å². The normalized spacial score (nSPS) is 18.7. The highest BCUT2D eigenvalue weighted by Gasteiger charge is 2.37. The highest BCUT2D eigenvalue weighted by molar-refractivity contribution is 7.91. The second-order valence-corrected chi connectivity index (χ2v) is 13.3. The second kappa shape index (κ2) is 11.3. The molecule has 0 amide bonds. The third-order valence-corrected chi connectivity index (χ3v) is 9.94. The molecular formula is C26H27Cl2F3N4O5S. The van der Waals surface area contributed by atoms with Crippen molar-refractivity contribution in [3.63, 3.8) is 0 Å². The Balaban J connectivity index is 1.56. The second-order valence-electron chi connectivity index (χ2n) is 10.2. The summed E-state index contributed by atoms with van der Waals surface area (Å²) in [4.78, 5) is 30.7. The van der Waals surface area contributed by atoms with Crippen molar-refractivity contribution in [3.8, 4) is 0 Å². The van der Waals surface area contributed by atoms with Gasteiger partial charge in [0.15, 0.2) is 9.84 Å². The van der Waals surface area contributed by atoms with Crippen molar-refractivity contribution in [2.24, 2.45) is 0 Å². The summed E-state index contributed by atoms with van der Waals surface area (Å²) in [6.07, 6.45) is -4.10. The maximum absolute atomic E-state index is 14.3. The molecule has 41 heavy (non-hydrogen) atoms. The van der Waals surface area contributed by atoms with Crippen LogP contribution in [0.2, 0.25) is 10.0 Å². The molecule has 2 aromatic carbocycles. The van der Waals surface area contributed by atoms with Crippen LogP contribution < -0.4 is 16.6 Å². The number of halogens is 5. The Morgan fingerprint density at radius 1 is 1.12 bits per heavy atom. The zero-order valence-corrected chi connectivity index (χ0v) is 24.2. The van der Waals surface area contributed by atoms with Crippen molar-refractivity contribution < 1.29 is 26.3 Å². The van der Waals surface area contributed by atoms with Crippen LogP contribution in [0.1, 0.15) is 30.0 Å². The number of ether oxygens (including phenoxy) is 1. The lowest BCUT2D eigenvalue weighted by atomic mass is 10.0. The van der Waals surface area contributed by atoms with Gasteiger partial charge in [-0.3, -0.25) is 14.3 Å². The van der Waals surface area contributed by atoms with E-state index in [1.807, 2.05) is 4.90 Å². The van der Waals surface area contributed by atoms with E-state index in [1.165, 1.54) is 25.1 Å². The number of H-pyrrole nitrogens is 1. The Labute approximate surface area is 243 Å². The van der Waals surface area contributed by atoms with Gasteiger partial charge in [0.05, 0.1) is 57.9 Å². The number of alkyl halides is 3. The van der Waals surface area contributed by atoms with E-state index in [4.69, 9.17) is 27.9 Å². The van der Waals surface area contributed by atoms with Crippen LogP contribution in [0.5, 0.6) is 0 Å². The van der Waals surface area contributed by atoms with Gasteiger partial charge in [-0.15, -0.1) is 0 Å². The van der Waals surface area contributed by atoms with E-state index in [1.54, 1.807) is 0 Å². The molecule has 3 heterocycles. The van der Waals surface area contributed by atoms with Crippen molar-refractivity contribution in [2.75, 3.05) is 32.1 Å². The van der Waals surface area contributed by atoms with E-state index in [0.717, 1.165) is 6.42 Å². The van der Waals surface area contributed by atoms with Gasteiger partial charge < -0.3 is 15.0 Å². The first kappa shape index (κ1) is 30.1. The van der Waals surface area contributed by atoms with Gasteiger partial charge in [0, 0.05) is 30.7 Å². The standard InChI is InChI=1S/C26H27Cl2F3N4O5S/c1-2-41(38,39)21-4-3-15(27)7-14(21)9-35-24(36)18-8-20(26(29,30)31)19(22(28)23(18)33-25(35)37)11-34-6-5-16(10-34)32-17-12-40-13-17/h3-4,7-8,16-17,32H,2,5-6,9-13H2,1H3,(H,33,37). The molecular weight excluding hydrogens is 608 g/mol. The number of aromatic amines is 1. The third-order valence-electron chi connectivity index (χ3n) is 7.46. The summed E-state index contributed by atoms with van der Waals surface area (Å²) >= 11 is 12.5. The third kappa shape index (κ3) is 6.06. The summed E-state index contributed by atoms with van der Waals surface area (Å²) in [6, 6.07) is 4.95. The van der Waals surface area contributed by atoms with Crippen molar-refractivity contribution in [1.29, 1.82) is 0 Å². The summed E-state index contributed by atoms with van der Waals surface area (Å²) in [7, 11) is -3.76. The Morgan fingerprint density at radius 3 is 2.49 bits per heavy atom. The number of likely N-dealkylation sites (tertiary alicyclic amines) is 1. The molecule has 1 atom stereocenters. The van der Waals surface area contributed by atoms with Crippen molar-refractivity contribution >= 4 is 43.9 Å². The first-order valence-electron chi connectivity index (χ1n) is 12.9. The zero-order valence-electron chi connectivity index (χ0n) is 21.9. The van der Waals surface area contributed by atoms with E-state index in [9.17, 15) is 31.2 Å². The molecule has 0 saturated carbocycles. The average Bonchev–Trinajstić information content (AvgIpc) is 3.32. The van der Waals surface area contributed by atoms with Crippen molar-refractivity contribution in [2.45, 2.75) is 49.6 Å². The number of nitrogens with one attached hydrogen (secondary N) is 2. The fourth-order valence-electron chi connectivity index (χ4n) is 5.25. The summed E-state index contributed by atoms with van der Waals surface area (Å²) in [5, 5.41) is 2.77. The number of hydrogen-bond acceptors (Lipinski definition) is 7. The Bertz CT molecular complexity index is 1720. The van der Waals surface area contributed by atoms with Gasteiger partial charge in [-0.25, -0.2) is 13.2 Å². The molecule has 0 aliphatic carbocycles. The molecule has 3 aromatic rings. The van der Waals surface area contributed by atoms with E-state index in [2.05, 4.69) is 10.3 Å². The van der Waals surface area contributed by atoms with Gasteiger partial charge in [-0.05, 0) is 41.8 Å². The van der Waals surface area contributed by atoms with Crippen LogP contribution in [0, 0.1) is 0 Å². The van der Waals surface area contributed by atoms with E-state index >= 15 is 0 Å². The van der Waals surface area contributed by atoms with Crippen LogP contribution in [0.4, 0.5) is 13.2 Å². The quantitative estimate of drug-likeness (QED) is 0.390. The monoisotopic (exact) mass is 634 g/mol. The summed E-state index contributed by atoms with van der Waals surface area (Å²) in [6.45, 7) is 3.01. The zero-order chi connectivity index (χ0) is 29.7. The molecule has 0 radical (unpaired) electrons. The number of rotatable bonds is 8. The van der Waals surface area contributed by atoms with Crippen molar-refractivity contribution in [3.05, 3.63) is 71.8 Å². The maximum Gasteiger partial charge on any atom is 0.416 e. The predicted octanol–water partition coefficient (Wildman–Crippen LogP) is 3.42. The molecule has 1 unspecified atom stereocenters. The van der Waals surface area contributed by atoms with E-state index < -0.39 is 44.8 Å². The van der Waals surface area contributed by atoms with Crippen molar-refractivity contribution in [1.82, 2.24) is 19.8 Å². The number of sulfone groups is 1. The average molecular weight is 635 g/mol. The number of aromatic nitrogens is 2. The lowest BCUT2D eigenvalue weighted by molar-refractivity contribution is -0.138. The number of nitrogens with zero attached hydrogens (tertiary/aromatic N) is 2. The van der Waals surface area contributed by atoms with E-state index in [-0.39, 0.29) is 56.0 Å². The molecule has 9 nitrogen and oxygen atoms in total. The lowest BCUT2D eigenvalue weighted by Gasteiger charge is -2.30. The molecule has 2 aliphatic heterocycles. The highest BCUT2D eigenvalue weighted by atomic mass is 35.5. The molecule has 2 fully saturated rings. The van der Waals surface area contributed by atoms with Gasteiger partial charge in [-0.1, -0.05) is 30.1 Å². The molecule has 0 bridgehead atoms. The molecule has 15 heteroatoms. The molecule has 1 aromatic heterocycles. The maximum atomic E-state index is 14.3. The van der Waals surface area contributed by atoms with Crippen LogP contribution in [-0.4, -0.2) is 67.0 Å². The fraction of sp³-hybridized carbons (Fsp3) is 0.462. The topological polar surface area (TPSA) is 114 Å². The minimum atomic E-state index is -4.84. The van der Waals surface area contributed by atoms with Crippen LogP contribution in [0.25, 0.3) is 10.9 Å². The Morgan fingerprint density at radius 2 is 1.85 bits per heavy atom. The number of fused-ring (bicyclic) bond motifs is 1. The number of benzene rings is 2. The smallest absolute Gasteiger partial charge is 0.378 e. The van der Waals surface area contributed by atoms with E-state index in [0.29, 0.717) is 36.9 Å². The molecule has 2 N–H and O–H groups in total. The summed E-state index contributed by atoms with van der Waals surface area (Å²) in [5.41, 5.74) is -3.48. The van der Waals surface area contributed by atoms with Crippen LogP contribution in [0.3, 0.4) is 0 Å². The molecule has 2 saturated heterocycles. The van der Waals surface area contributed by atoms with Gasteiger partial charge in [-0.2, -0.15) is 13.2 Å². The van der Waals surface area contributed by atoms with Crippen LogP contribution in [0.15, 0.2) is 38.8 Å². The van der Waals surface area contributed by atoms with Gasteiger partial charge in [0.1, 0.15) is 0 Å². The van der Waals surface area contributed by atoms with Crippen LogP contribution >= 0.6 is 23.2 Å². The minimum absolute atomic E-state index is 0.0516. The largest absolute Gasteiger partial charge is 0.416 e. The molecule has 2 aliphatic rings. The van der Waals surface area contributed by atoms with Gasteiger partial charge in [0.2, 0.25) is 0 Å². The predicted molar refractivity (Wildman–Crippen MR) is 149 cm³/mol. The lowest BCUT2D eigenvalue weighted by Crippen LogP contribution is -2.51. The molecule has 5 rings (SSSR count). The van der Waals surface area contributed by atoms with Gasteiger partial charge >= 0.3 is 11.9 Å². The Kier molecular flexibility index (Phi) is 8.31. The first-order chi connectivity index (χ1) is 19.3. The SMILES string of the molecule is CCS(=O)(=O)c1ccc(Cl)cc1Cn1c(=O)[nH]c2c(Cl)c(CN3CCC(NC4COC4)C3)c(C(F)(F)F)cc2c1=O. The minimum Gasteiger partial charge on any atom is -0.378 e. The Hall–Kier alpha value is -2.42. The fourth-order valence-corrected chi connectivity index (χ4v) is 6.86. The number of hydrogen-bond donors (Lipinski definition) is 2. The summed E-state index contributed by atoms with van der Waals surface area (Å²) in [5.74, 6) is -0.249. The summed E-state index contributed by atoms with van der Waals surface area (Å²) < 4.78 is 73.9. The highest BCUT2D eigenvalue weighted by Crippen LogP contribution is 2.39. The first-order valence-corrected chi connectivity index (χ1v) is 15.3. The molecule has 0 spiro atoms.